The molecule has 0 saturated carbocycles. The van der Waals surface area contributed by atoms with E-state index in [0.717, 1.165) is 24.8 Å². The summed E-state index contributed by atoms with van der Waals surface area (Å²) in [4.78, 5) is 0.346. The highest BCUT2D eigenvalue weighted by Crippen LogP contribution is 2.24. The van der Waals surface area contributed by atoms with Crippen LogP contribution in [0.4, 0.5) is 0 Å². The molecule has 0 spiro atoms. The minimum Gasteiger partial charge on any atom is -0.383 e. The summed E-state index contributed by atoms with van der Waals surface area (Å²) in [6.07, 6.45) is 3.68. The van der Waals surface area contributed by atoms with Crippen LogP contribution in [0.2, 0.25) is 0 Å². The van der Waals surface area contributed by atoms with E-state index in [4.69, 9.17) is 10.5 Å². The van der Waals surface area contributed by atoms with E-state index in [1.807, 2.05) is 6.07 Å². The predicted octanol–water partition coefficient (Wildman–Crippen LogP) is 0.817. The van der Waals surface area contributed by atoms with Gasteiger partial charge in [0.1, 0.15) is 0 Å². The summed E-state index contributed by atoms with van der Waals surface area (Å²) < 4.78 is 31.9. The quantitative estimate of drug-likeness (QED) is 0.781. The second kappa shape index (κ2) is 6.67. The Morgan fingerprint density at radius 2 is 2.10 bits per heavy atom. The Balaban J connectivity index is 1.96. The normalized spacial score (nSPS) is 16.1. The molecule has 5 nitrogen and oxygen atoms in total. The van der Waals surface area contributed by atoms with E-state index in [1.165, 1.54) is 5.56 Å². The van der Waals surface area contributed by atoms with Crippen LogP contribution >= 0.6 is 0 Å². The molecule has 1 atom stereocenters. The Bertz CT molecular complexity index is 558. The van der Waals surface area contributed by atoms with Crippen LogP contribution in [-0.2, 0) is 27.6 Å². The van der Waals surface area contributed by atoms with E-state index >= 15 is 0 Å². The van der Waals surface area contributed by atoms with Crippen molar-refractivity contribution in [2.45, 2.75) is 36.6 Å². The molecule has 112 valence electrons. The summed E-state index contributed by atoms with van der Waals surface area (Å²) >= 11 is 0. The van der Waals surface area contributed by atoms with Crippen molar-refractivity contribution < 1.29 is 13.2 Å². The van der Waals surface area contributed by atoms with Crippen LogP contribution < -0.4 is 10.5 Å². The number of nitrogens with one attached hydrogen (secondary N) is 1. The molecule has 0 radical (unpaired) electrons. The van der Waals surface area contributed by atoms with Crippen LogP contribution in [0.5, 0.6) is 0 Å². The standard InChI is InChI=1S/C14H22N2O3S/c1-19-10-13(15)7-8-16-20(17,18)14-6-5-11-3-2-4-12(11)9-14/h5-6,9,13,16H,2-4,7-8,10,15H2,1H3. The lowest BCUT2D eigenvalue weighted by Gasteiger charge is -2.12. The van der Waals surface area contributed by atoms with Crippen molar-refractivity contribution in [1.29, 1.82) is 0 Å². The number of methoxy groups -OCH3 is 1. The molecule has 1 aromatic rings. The molecule has 1 unspecified atom stereocenters. The van der Waals surface area contributed by atoms with Crippen LogP contribution in [0.25, 0.3) is 0 Å². The highest BCUT2D eigenvalue weighted by Gasteiger charge is 2.18. The van der Waals surface area contributed by atoms with Crippen molar-refractivity contribution in [2.75, 3.05) is 20.3 Å². The number of sulfonamides is 1. The molecule has 0 heterocycles. The van der Waals surface area contributed by atoms with Gasteiger partial charge < -0.3 is 10.5 Å². The summed E-state index contributed by atoms with van der Waals surface area (Å²) in [6.45, 7) is 0.754. The number of nitrogens with two attached hydrogens (primary N) is 1. The fourth-order valence-corrected chi connectivity index (χ4v) is 3.57. The van der Waals surface area contributed by atoms with Gasteiger partial charge in [-0.25, -0.2) is 13.1 Å². The van der Waals surface area contributed by atoms with Crippen molar-refractivity contribution in [2.24, 2.45) is 5.73 Å². The van der Waals surface area contributed by atoms with E-state index < -0.39 is 10.0 Å². The van der Waals surface area contributed by atoms with Gasteiger partial charge in [0.25, 0.3) is 0 Å². The Hall–Kier alpha value is -0.950. The van der Waals surface area contributed by atoms with Crippen LogP contribution in [0.3, 0.4) is 0 Å². The molecule has 6 heteroatoms. The number of ether oxygens (including phenoxy) is 1. The zero-order chi connectivity index (χ0) is 14.6. The largest absolute Gasteiger partial charge is 0.383 e. The van der Waals surface area contributed by atoms with Gasteiger partial charge >= 0.3 is 0 Å². The Kier molecular flexibility index (Phi) is 5.15. The predicted molar refractivity (Wildman–Crippen MR) is 78.1 cm³/mol. The maximum Gasteiger partial charge on any atom is 0.240 e. The molecule has 0 aliphatic heterocycles. The summed E-state index contributed by atoms with van der Waals surface area (Å²) in [7, 11) is -1.86. The summed E-state index contributed by atoms with van der Waals surface area (Å²) in [6, 6.07) is 5.25. The number of rotatable bonds is 7. The van der Waals surface area contributed by atoms with Crippen LogP contribution in [0.15, 0.2) is 23.1 Å². The number of hydrogen-bond acceptors (Lipinski definition) is 4. The maximum absolute atomic E-state index is 12.2. The highest BCUT2D eigenvalue weighted by molar-refractivity contribution is 7.89. The van der Waals surface area contributed by atoms with E-state index in [-0.39, 0.29) is 6.04 Å². The summed E-state index contributed by atoms with van der Waals surface area (Å²) in [5.74, 6) is 0. The number of benzene rings is 1. The molecule has 20 heavy (non-hydrogen) atoms. The van der Waals surface area contributed by atoms with E-state index in [9.17, 15) is 8.42 Å². The Labute approximate surface area is 120 Å². The van der Waals surface area contributed by atoms with Gasteiger partial charge in [0.2, 0.25) is 10.0 Å². The third-order valence-corrected chi connectivity index (χ3v) is 5.03. The SMILES string of the molecule is COCC(N)CCNS(=O)(=O)c1ccc2c(c1)CCC2. The smallest absolute Gasteiger partial charge is 0.240 e. The van der Waals surface area contributed by atoms with E-state index in [0.29, 0.717) is 24.5 Å². The molecule has 3 N–H and O–H groups in total. The number of hydrogen-bond donors (Lipinski definition) is 2. The van der Waals surface area contributed by atoms with Gasteiger partial charge in [0.05, 0.1) is 11.5 Å². The molecule has 2 rings (SSSR count). The molecular formula is C14H22N2O3S. The molecule has 0 aromatic heterocycles. The summed E-state index contributed by atoms with van der Waals surface area (Å²) in [5, 5.41) is 0. The van der Waals surface area contributed by atoms with Crippen molar-refractivity contribution in [3.8, 4) is 0 Å². The van der Waals surface area contributed by atoms with Crippen molar-refractivity contribution in [1.82, 2.24) is 4.72 Å². The molecule has 0 fully saturated rings. The third kappa shape index (κ3) is 3.79. The van der Waals surface area contributed by atoms with Crippen molar-refractivity contribution in [3.63, 3.8) is 0 Å². The highest BCUT2D eigenvalue weighted by atomic mass is 32.2. The van der Waals surface area contributed by atoms with Gasteiger partial charge in [-0.15, -0.1) is 0 Å². The first-order chi connectivity index (χ1) is 9.53. The van der Waals surface area contributed by atoms with E-state index in [1.54, 1.807) is 19.2 Å². The monoisotopic (exact) mass is 298 g/mol. The Morgan fingerprint density at radius 3 is 2.85 bits per heavy atom. The first-order valence-corrected chi connectivity index (χ1v) is 8.37. The fourth-order valence-electron chi connectivity index (χ4n) is 2.47. The second-order valence-electron chi connectivity index (χ2n) is 5.19. The van der Waals surface area contributed by atoms with Crippen molar-refractivity contribution in [3.05, 3.63) is 29.3 Å². The lowest BCUT2D eigenvalue weighted by molar-refractivity contribution is 0.177. The lowest BCUT2D eigenvalue weighted by atomic mass is 10.1. The van der Waals surface area contributed by atoms with Gasteiger partial charge in [-0.2, -0.15) is 0 Å². The van der Waals surface area contributed by atoms with Crippen LogP contribution in [0, 0.1) is 0 Å². The minimum atomic E-state index is -3.44. The Morgan fingerprint density at radius 1 is 1.35 bits per heavy atom. The number of aryl methyl sites for hydroxylation is 2. The average molecular weight is 298 g/mol. The van der Waals surface area contributed by atoms with Gasteiger partial charge in [-0.1, -0.05) is 6.07 Å². The topological polar surface area (TPSA) is 81.4 Å². The van der Waals surface area contributed by atoms with Gasteiger partial charge in [0, 0.05) is 19.7 Å². The molecule has 1 aliphatic carbocycles. The van der Waals surface area contributed by atoms with Gasteiger partial charge in [0.15, 0.2) is 0 Å². The molecule has 1 aliphatic rings. The molecule has 0 saturated heterocycles. The number of fused-ring (bicyclic) bond motifs is 1. The minimum absolute atomic E-state index is 0.150. The third-order valence-electron chi connectivity index (χ3n) is 3.57. The van der Waals surface area contributed by atoms with Crippen LogP contribution in [0.1, 0.15) is 24.0 Å². The summed E-state index contributed by atoms with van der Waals surface area (Å²) in [5.41, 5.74) is 8.19. The average Bonchev–Trinajstić information content (AvgIpc) is 2.86. The van der Waals surface area contributed by atoms with Crippen LogP contribution in [-0.4, -0.2) is 34.7 Å². The maximum atomic E-state index is 12.2. The van der Waals surface area contributed by atoms with Gasteiger partial charge in [-0.3, -0.25) is 0 Å². The molecule has 1 aromatic carbocycles. The zero-order valence-electron chi connectivity index (χ0n) is 11.8. The van der Waals surface area contributed by atoms with Gasteiger partial charge in [-0.05, 0) is 48.9 Å². The van der Waals surface area contributed by atoms with Crippen molar-refractivity contribution >= 4 is 10.0 Å². The zero-order valence-corrected chi connectivity index (χ0v) is 12.6. The molecule has 0 amide bonds. The molecular weight excluding hydrogens is 276 g/mol. The van der Waals surface area contributed by atoms with E-state index in [2.05, 4.69) is 4.72 Å². The lowest BCUT2D eigenvalue weighted by Crippen LogP contribution is -2.32. The first kappa shape index (κ1) is 15.4. The molecule has 0 bridgehead atoms. The second-order valence-corrected chi connectivity index (χ2v) is 6.95. The fraction of sp³-hybridized carbons (Fsp3) is 0.571. The first-order valence-electron chi connectivity index (χ1n) is 6.89.